The lowest BCUT2D eigenvalue weighted by Gasteiger charge is -2.40. The molecule has 1 saturated heterocycles. The first-order valence-corrected chi connectivity index (χ1v) is 13.7. The minimum atomic E-state index is -3.38. The molecule has 6 heteroatoms. The molecule has 0 amide bonds. The third-order valence-corrected chi connectivity index (χ3v) is 8.07. The topological polar surface area (TPSA) is 66.8 Å². The van der Waals surface area contributed by atoms with Gasteiger partial charge in [-0.3, -0.25) is 0 Å². The quantitative estimate of drug-likeness (QED) is 0.661. The number of benzene rings is 2. The fraction of sp³-hybridized carbons (Fsp3) is 0.538. The van der Waals surface area contributed by atoms with Crippen molar-refractivity contribution in [1.82, 2.24) is 4.90 Å². The van der Waals surface area contributed by atoms with E-state index in [1.165, 1.54) is 12.7 Å². The van der Waals surface area contributed by atoms with Gasteiger partial charge in [0.05, 0.1) is 17.1 Å². The Labute approximate surface area is 192 Å². The summed E-state index contributed by atoms with van der Waals surface area (Å²) in [5.74, 6) is 1.05. The van der Waals surface area contributed by atoms with Crippen LogP contribution < -0.4 is 4.74 Å². The number of ether oxygens (including phenoxy) is 1. The highest BCUT2D eigenvalue weighted by molar-refractivity contribution is 7.90. The number of piperidine rings is 1. The Morgan fingerprint density at radius 2 is 1.72 bits per heavy atom. The molecule has 1 aliphatic carbocycles. The molecule has 0 radical (unpaired) electrons. The van der Waals surface area contributed by atoms with Crippen molar-refractivity contribution in [2.45, 2.75) is 55.4 Å². The van der Waals surface area contributed by atoms with Crippen molar-refractivity contribution in [3.63, 3.8) is 0 Å². The highest BCUT2D eigenvalue weighted by Crippen LogP contribution is 2.32. The van der Waals surface area contributed by atoms with Gasteiger partial charge in [0, 0.05) is 18.4 Å². The van der Waals surface area contributed by atoms with Gasteiger partial charge in [0.25, 0.3) is 0 Å². The summed E-state index contributed by atoms with van der Waals surface area (Å²) >= 11 is 0. The lowest BCUT2D eigenvalue weighted by Crippen LogP contribution is -2.47. The molecule has 2 aromatic rings. The van der Waals surface area contributed by atoms with Crippen LogP contribution in [0.25, 0.3) is 11.1 Å². The lowest BCUT2D eigenvalue weighted by molar-refractivity contribution is -0.0338. The summed E-state index contributed by atoms with van der Waals surface area (Å²) in [5.41, 5.74) is 1.09. The number of likely N-dealkylation sites (tertiary alicyclic amines) is 1. The molecule has 0 aromatic heterocycles. The van der Waals surface area contributed by atoms with Crippen LogP contribution in [0.4, 0.5) is 0 Å². The predicted octanol–water partition coefficient (Wildman–Crippen LogP) is 4.54. The normalized spacial score (nSPS) is 20.2. The van der Waals surface area contributed by atoms with E-state index in [9.17, 15) is 13.5 Å². The second-order valence-corrected chi connectivity index (χ2v) is 11.6. The Morgan fingerprint density at radius 1 is 1.03 bits per heavy atom. The van der Waals surface area contributed by atoms with Gasteiger partial charge in [0.2, 0.25) is 0 Å². The van der Waals surface area contributed by atoms with E-state index in [-0.39, 0.29) is 0 Å². The average molecular weight is 458 g/mol. The van der Waals surface area contributed by atoms with Crippen LogP contribution in [0, 0.1) is 5.92 Å². The van der Waals surface area contributed by atoms with Crippen molar-refractivity contribution < 1.29 is 18.3 Å². The molecule has 1 aliphatic heterocycles. The number of rotatable bonds is 7. The number of aliphatic hydroxyl groups is 1. The summed E-state index contributed by atoms with van der Waals surface area (Å²) in [7, 11) is -3.38. The molecule has 0 bridgehead atoms. The molecule has 1 N–H and O–H groups in total. The van der Waals surface area contributed by atoms with Gasteiger partial charge in [-0.1, -0.05) is 49.6 Å². The zero-order chi connectivity index (χ0) is 22.6. The Balaban J connectivity index is 1.34. The molecule has 32 heavy (non-hydrogen) atoms. The predicted molar refractivity (Wildman–Crippen MR) is 128 cm³/mol. The Hall–Kier alpha value is -1.89. The maximum Gasteiger partial charge on any atom is 0.176 e. The molecule has 2 aromatic carbocycles. The summed E-state index contributed by atoms with van der Waals surface area (Å²) in [6, 6.07) is 14.9. The van der Waals surface area contributed by atoms with Crippen LogP contribution in [-0.4, -0.2) is 56.5 Å². The standard InChI is InChI=1S/C26H35NO4S/c1-32(29,30)25-18-23(10-11-24(25)22-8-4-2-5-9-22)31-19-21-12-16-27(17-13-21)20-26(28)14-6-3-7-15-26/h2,4-5,8-11,18,21,28H,3,6-7,12-17,19-20H2,1H3. The molecule has 2 fully saturated rings. The van der Waals surface area contributed by atoms with E-state index in [4.69, 9.17) is 4.74 Å². The van der Waals surface area contributed by atoms with E-state index in [1.807, 2.05) is 42.5 Å². The maximum atomic E-state index is 12.4. The molecule has 0 unspecified atom stereocenters. The molecule has 174 valence electrons. The fourth-order valence-electron chi connectivity index (χ4n) is 5.06. The summed E-state index contributed by atoms with van der Waals surface area (Å²) < 4.78 is 30.9. The minimum absolute atomic E-state index is 0.303. The second-order valence-electron chi connectivity index (χ2n) is 9.61. The highest BCUT2D eigenvalue weighted by Gasteiger charge is 2.32. The van der Waals surface area contributed by atoms with Crippen LogP contribution >= 0.6 is 0 Å². The van der Waals surface area contributed by atoms with Gasteiger partial charge in [-0.15, -0.1) is 0 Å². The third-order valence-electron chi connectivity index (χ3n) is 6.93. The smallest absolute Gasteiger partial charge is 0.176 e. The molecular formula is C26H35NO4S. The first-order chi connectivity index (χ1) is 15.3. The summed E-state index contributed by atoms with van der Waals surface area (Å²) in [4.78, 5) is 2.70. The van der Waals surface area contributed by atoms with E-state index in [0.717, 1.165) is 63.7 Å². The van der Waals surface area contributed by atoms with Crippen molar-refractivity contribution >= 4 is 9.84 Å². The molecule has 0 atom stereocenters. The van der Waals surface area contributed by atoms with Crippen LogP contribution in [0.1, 0.15) is 44.9 Å². The van der Waals surface area contributed by atoms with Crippen molar-refractivity contribution in [2.24, 2.45) is 5.92 Å². The largest absolute Gasteiger partial charge is 0.493 e. The monoisotopic (exact) mass is 457 g/mol. The number of hydrogen-bond donors (Lipinski definition) is 1. The number of β-amino-alcohol motifs (C(OH)–C–C–N with tert-alkyl or cyclic N) is 1. The number of nitrogens with zero attached hydrogens (tertiary/aromatic N) is 1. The van der Waals surface area contributed by atoms with Gasteiger partial charge in [-0.25, -0.2) is 8.42 Å². The summed E-state index contributed by atoms with van der Waals surface area (Å²) in [6.07, 6.45) is 8.70. The molecule has 5 nitrogen and oxygen atoms in total. The van der Waals surface area contributed by atoms with E-state index in [1.54, 1.807) is 6.07 Å². The SMILES string of the molecule is CS(=O)(=O)c1cc(OCC2CCN(CC3(O)CCCCC3)CC2)ccc1-c1ccccc1. The van der Waals surface area contributed by atoms with E-state index < -0.39 is 15.4 Å². The van der Waals surface area contributed by atoms with E-state index >= 15 is 0 Å². The van der Waals surface area contributed by atoms with Gasteiger partial charge >= 0.3 is 0 Å². The van der Waals surface area contributed by atoms with Gasteiger partial charge in [-0.2, -0.15) is 0 Å². The molecule has 0 spiro atoms. The van der Waals surface area contributed by atoms with Gasteiger partial charge in [-0.05, 0) is 68.5 Å². The Morgan fingerprint density at radius 3 is 2.38 bits per heavy atom. The van der Waals surface area contributed by atoms with Gasteiger partial charge < -0.3 is 14.7 Å². The van der Waals surface area contributed by atoms with Crippen LogP contribution in [0.3, 0.4) is 0 Å². The van der Waals surface area contributed by atoms with E-state index in [2.05, 4.69) is 4.90 Å². The molecule has 1 heterocycles. The number of hydrogen-bond acceptors (Lipinski definition) is 5. The van der Waals surface area contributed by atoms with Gasteiger partial charge in [0.15, 0.2) is 9.84 Å². The molecule has 4 rings (SSSR count). The molecular weight excluding hydrogens is 422 g/mol. The summed E-state index contributed by atoms with van der Waals surface area (Å²) in [5, 5.41) is 10.8. The first-order valence-electron chi connectivity index (χ1n) is 11.8. The zero-order valence-electron chi connectivity index (χ0n) is 19.0. The molecule has 1 saturated carbocycles. The number of sulfone groups is 1. The average Bonchev–Trinajstić information content (AvgIpc) is 2.79. The van der Waals surface area contributed by atoms with Crippen LogP contribution in [0.15, 0.2) is 53.4 Å². The van der Waals surface area contributed by atoms with Gasteiger partial charge in [0.1, 0.15) is 5.75 Å². The molecule has 2 aliphatic rings. The highest BCUT2D eigenvalue weighted by atomic mass is 32.2. The van der Waals surface area contributed by atoms with E-state index in [0.29, 0.717) is 28.7 Å². The van der Waals surface area contributed by atoms with Crippen LogP contribution in [-0.2, 0) is 9.84 Å². The Bertz CT molecular complexity index is 992. The van der Waals surface area contributed by atoms with Crippen molar-refractivity contribution in [3.8, 4) is 16.9 Å². The maximum absolute atomic E-state index is 12.4. The van der Waals surface area contributed by atoms with Crippen molar-refractivity contribution in [2.75, 3.05) is 32.5 Å². The zero-order valence-corrected chi connectivity index (χ0v) is 19.8. The second kappa shape index (κ2) is 9.94. The van der Waals surface area contributed by atoms with Crippen molar-refractivity contribution in [1.29, 1.82) is 0 Å². The fourth-order valence-corrected chi connectivity index (χ4v) is 5.98. The van der Waals surface area contributed by atoms with Crippen LogP contribution in [0.5, 0.6) is 5.75 Å². The third kappa shape index (κ3) is 5.91. The Kier molecular flexibility index (Phi) is 7.23. The van der Waals surface area contributed by atoms with Crippen LogP contribution in [0.2, 0.25) is 0 Å². The first kappa shape index (κ1) is 23.3. The minimum Gasteiger partial charge on any atom is -0.493 e. The lowest BCUT2D eigenvalue weighted by atomic mass is 9.84. The van der Waals surface area contributed by atoms with Crippen molar-refractivity contribution in [3.05, 3.63) is 48.5 Å². The summed E-state index contributed by atoms with van der Waals surface area (Å²) in [6.45, 7) is 3.35.